The predicted molar refractivity (Wildman–Crippen MR) is 107 cm³/mol. The Labute approximate surface area is 164 Å². The number of hydrogen-bond donors (Lipinski definition) is 1. The summed E-state index contributed by atoms with van der Waals surface area (Å²) in [7, 11) is -3.45. The van der Waals surface area contributed by atoms with E-state index in [0.717, 1.165) is 18.4 Å². The first-order chi connectivity index (χ1) is 13.6. The molecule has 0 unspecified atom stereocenters. The quantitative estimate of drug-likeness (QED) is 0.689. The highest BCUT2D eigenvalue weighted by molar-refractivity contribution is 7.88. The van der Waals surface area contributed by atoms with Gasteiger partial charge in [0.1, 0.15) is 11.6 Å². The summed E-state index contributed by atoms with van der Waals surface area (Å²) in [4.78, 5) is 13.1. The first-order valence-electron chi connectivity index (χ1n) is 9.15. The largest absolute Gasteiger partial charge is 0.324 e. The van der Waals surface area contributed by atoms with E-state index in [1.54, 1.807) is 22.9 Å². The molecule has 4 rings (SSSR count). The van der Waals surface area contributed by atoms with Gasteiger partial charge in [-0.3, -0.25) is 4.98 Å². The molecular weight excluding hydrogens is 374 g/mol. The van der Waals surface area contributed by atoms with Crippen molar-refractivity contribution in [2.45, 2.75) is 24.6 Å². The lowest BCUT2D eigenvalue weighted by Gasteiger charge is -2.24. The third-order valence-corrected chi connectivity index (χ3v) is 6.52. The lowest BCUT2D eigenvalue weighted by molar-refractivity contribution is 0.389. The summed E-state index contributed by atoms with van der Waals surface area (Å²) in [6.07, 6.45) is 6.48. The van der Waals surface area contributed by atoms with Crippen molar-refractivity contribution >= 4 is 21.7 Å². The molecule has 1 saturated heterocycles. The molecule has 0 bridgehead atoms. The monoisotopic (exact) mass is 395 g/mol. The maximum absolute atomic E-state index is 13.0. The summed E-state index contributed by atoms with van der Waals surface area (Å²) >= 11 is 0. The first-order valence-corrected chi connectivity index (χ1v) is 10.8. The minimum Gasteiger partial charge on any atom is -0.324 e. The van der Waals surface area contributed by atoms with Crippen molar-refractivity contribution in [1.29, 1.82) is 0 Å². The van der Waals surface area contributed by atoms with Crippen molar-refractivity contribution in [2.24, 2.45) is 0 Å². The number of aromatic nitrogens is 3. The third-order valence-electron chi connectivity index (χ3n) is 4.67. The fourth-order valence-electron chi connectivity index (χ4n) is 3.41. The molecule has 1 atom stereocenters. The molecule has 144 valence electrons. The average molecular weight is 395 g/mol. The molecule has 3 aromatic rings. The SMILES string of the molecule is O=S(=O)(Cc1ccccc1)N1CCC[C@H]1c1cncc(Nc2ccccn2)n1. The van der Waals surface area contributed by atoms with E-state index >= 15 is 0 Å². The molecule has 1 aromatic carbocycles. The van der Waals surface area contributed by atoms with Crippen molar-refractivity contribution in [3.05, 3.63) is 78.4 Å². The number of hydrogen-bond acceptors (Lipinski definition) is 6. The fourth-order valence-corrected chi connectivity index (χ4v) is 5.19. The molecule has 0 amide bonds. The Morgan fingerprint density at radius 3 is 2.64 bits per heavy atom. The summed E-state index contributed by atoms with van der Waals surface area (Å²) in [5.41, 5.74) is 1.43. The normalized spacial score (nSPS) is 17.5. The van der Waals surface area contributed by atoms with Crippen LogP contribution in [0.25, 0.3) is 0 Å². The Morgan fingerprint density at radius 1 is 1.04 bits per heavy atom. The maximum atomic E-state index is 13.0. The van der Waals surface area contributed by atoms with Crippen molar-refractivity contribution < 1.29 is 8.42 Å². The molecular formula is C20H21N5O2S. The van der Waals surface area contributed by atoms with Crippen LogP contribution in [-0.2, 0) is 15.8 Å². The van der Waals surface area contributed by atoms with Gasteiger partial charge in [0.2, 0.25) is 10.0 Å². The number of anilines is 2. The Bertz CT molecular complexity index is 1030. The standard InChI is InChI=1S/C20H21N5O2S/c26-28(27,15-16-7-2-1-3-8-16)25-12-6-9-18(25)17-13-21-14-20(23-17)24-19-10-4-5-11-22-19/h1-5,7-8,10-11,13-14,18H,6,9,12,15H2,(H,22,23,24)/t18-/m0/s1. The van der Waals surface area contributed by atoms with Gasteiger partial charge < -0.3 is 5.32 Å². The zero-order valence-corrected chi connectivity index (χ0v) is 16.1. The number of rotatable bonds is 6. The van der Waals surface area contributed by atoms with Crippen LogP contribution in [0.5, 0.6) is 0 Å². The molecule has 7 nitrogen and oxygen atoms in total. The molecule has 2 aromatic heterocycles. The smallest absolute Gasteiger partial charge is 0.218 e. The molecule has 0 radical (unpaired) electrons. The summed E-state index contributed by atoms with van der Waals surface area (Å²) < 4.78 is 27.6. The van der Waals surface area contributed by atoms with Crippen LogP contribution in [0.3, 0.4) is 0 Å². The molecule has 0 saturated carbocycles. The van der Waals surface area contributed by atoms with Gasteiger partial charge >= 0.3 is 0 Å². The first kappa shape index (κ1) is 18.5. The van der Waals surface area contributed by atoms with E-state index in [4.69, 9.17) is 0 Å². The summed E-state index contributed by atoms with van der Waals surface area (Å²) in [5.74, 6) is 1.20. The summed E-state index contributed by atoms with van der Waals surface area (Å²) in [6, 6.07) is 14.5. The number of pyridine rings is 1. The third kappa shape index (κ3) is 4.18. The van der Waals surface area contributed by atoms with Gasteiger partial charge in [-0.05, 0) is 30.5 Å². The van der Waals surface area contributed by atoms with Crippen LogP contribution in [0.15, 0.2) is 67.1 Å². The molecule has 8 heteroatoms. The highest BCUT2D eigenvalue weighted by atomic mass is 32.2. The minimum absolute atomic E-state index is 0.0103. The van der Waals surface area contributed by atoms with Crippen LogP contribution in [0.4, 0.5) is 11.6 Å². The van der Waals surface area contributed by atoms with Crippen molar-refractivity contribution in [3.8, 4) is 0 Å². The molecule has 1 aliphatic heterocycles. The molecule has 1 aliphatic rings. The van der Waals surface area contributed by atoms with Gasteiger partial charge in [0.15, 0.2) is 0 Å². The van der Waals surface area contributed by atoms with Crippen LogP contribution in [-0.4, -0.2) is 34.2 Å². The molecule has 1 N–H and O–H groups in total. The van der Waals surface area contributed by atoms with E-state index in [0.29, 0.717) is 23.9 Å². The van der Waals surface area contributed by atoms with Crippen LogP contribution in [0.2, 0.25) is 0 Å². The van der Waals surface area contributed by atoms with Gasteiger partial charge in [-0.2, -0.15) is 4.31 Å². The summed E-state index contributed by atoms with van der Waals surface area (Å²) in [5, 5.41) is 3.11. The van der Waals surface area contributed by atoms with Gasteiger partial charge in [0, 0.05) is 12.7 Å². The number of sulfonamides is 1. The van der Waals surface area contributed by atoms with Gasteiger partial charge in [-0.15, -0.1) is 0 Å². The van der Waals surface area contributed by atoms with E-state index in [1.165, 1.54) is 0 Å². The van der Waals surface area contributed by atoms with Gasteiger partial charge in [0.05, 0.1) is 29.9 Å². The average Bonchev–Trinajstić information content (AvgIpc) is 3.21. The molecule has 1 fully saturated rings. The molecule has 28 heavy (non-hydrogen) atoms. The molecule has 0 spiro atoms. The lowest BCUT2D eigenvalue weighted by Crippen LogP contribution is -2.32. The highest BCUT2D eigenvalue weighted by Gasteiger charge is 2.36. The van der Waals surface area contributed by atoms with E-state index in [9.17, 15) is 8.42 Å². The lowest BCUT2D eigenvalue weighted by atomic mass is 10.2. The Balaban J connectivity index is 1.55. The second kappa shape index (κ2) is 8.04. The number of nitrogens with zero attached hydrogens (tertiary/aromatic N) is 4. The second-order valence-electron chi connectivity index (χ2n) is 6.68. The van der Waals surface area contributed by atoms with Crippen LogP contribution < -0.4 is 5.32 Å². The van der Waals surface area contributed by atoms with E-state index in [1.807, 2.05) is 48.5 Å². The topological polar surface area (TPSA) is 88.1 Å². The Hall–Kier alpha value is -2.84. The van der Waals surface area contributed by atoms with Crippen LogP contribution in [0, 0.1) is 0 Å². The summed E-state index contributed by atoms with van der Waals surface area (Å²) in [6.45, 7) is 0.499. The fraction of sp³-hybridized carbons (Fsp3) is 0.250. The van der Waals surface area contributed by atoms with Crippen LogP contribution >= 0.6 is 0 Å². The zero-order valence-electron chi connectivity index (χ0n) is 15.3. The van der Waals surface area contributed by atoms with E-state index in [2.05, 4.69) is 20.3 Å². The zero-order chi connectivity index (χ0) is 19.4. The highest BCUT2D eigenvalue weighted by Crippen LogP contribution is 2.34. The second-order valence-corrected chi connectivity index (χ2v) is 8.60. The van der Waals surface area contributed by atoms with Gasteiger partial charge in [-0.25, -0.2) is 18.4 Å². The Morgan fingerprint density at radius 2 is 1.86 bits per heavy atom. The predicted octanol–water partition coefficient (Wildman–Crippen LogP) is 3.28. The van der Waals surface area contributed by atoms with E-state index in [-0.39, 0.29) is 11.8 Å². The van der Waals surface area contributed by atoms with Crippen molar-refractivity contribution in [3.63, 3.8) is 0 Å². The van der Waals surface area contributed by atoms with E-state index < -0.39 is 10.0 Å². The van der Waals surface area contributed by atoms with Crippen molar-refractivity contribution in [2.75, 3.05) is 11.9 Å². The Kier molecular flexibility index (Phi) is 5.31. The van der Waals surface area contributed by atoms with Gasteiger partial charge in [-0.1, -0.05) is 36.4 Å². The maximum Gasteiger partial charge on any atom is 0.218 e. The minimum atomic E-state index is -3.45. The molecule has 0 aliphatic carbocycles. The molecule has 3 heterocycles. The van der Waals surface area contributed by atoms with Crippen LogP contribution in [0.1, 0.15) is 30.1 Å². The number of benzene rings is 1. The van der Waals surface area contributed by atoms with Crippen molar-refractivity contribution in [1.82, 2.24) is 19.3 Å². The number of nitrogens with one attached hydrogen (secondary N) is 1. The van der Waals surface area contributed by atoms with Gasteiger partial charge in [0.25, 0.3) is 0 Å².